The van der Waals surface area contributed by atoms with Gasteiger partial charge in [-0.05, 0) is 24.7 Å². The van der Waals surface area contributed by atoms with Gasteiger partial charge in [0.25, 0.3) is 0 Å². The van der Waals surface area contributed by atoms with E-state index in [4.69, 9.17) is 0 Å². The average molecular weight is 170 g/mol. The molecule has 1 aliphatic rings. The maximum absolute atomic E-state index is 4.57. The van der Waals surface area contributed by atoms with Crippen LogP contribution in [0.4, 0.5) is 0 Å². The number of hydrogen-bond acceptors (Lipinski definition) is 1. The van der Waals surface area contributed by atoms with E-state index in [1.54, 1.807) is 0 Å². The molecule has 0 aromatic heterocycles. The summed E-state index contributed by atoms with van der Waals surface area (Å²) >= 11 is 4.57. The second-order valence-corrected chi connectivity index (χ2v) is 5.64. The van der Waals surface area contributed by atoms with Crippen LogP contribution in [0.3, 0.4) is 0 Å². The molecule has 0 bridgehead atoms. The van der Waals surface area contributed by atoms with Crippen molar-refractivity contribution in [2.75, 3.05) is 0 Å². The standard InChI is InChI=1S/C10H18S/c1-8-7-10(4,11)6-5-9(8,2)3/h5-6,8,11H,7H2,1-4H3. The summed E-state index contributed by atoms with van der Waals surface area (Å²) in [5.41, 5.74) is 0.363. The van der Waals surface area contributed by atoms with Gasteiger partial charge in [-0.25, -0.2) is 0 Å². The smallest absolute Gasteiger partial charge is 0.0283 e. The van der Waals surface area contributed by atoms with Crippen molar-refractivity contribution >= 4 is 12.6 Å². The fourth-order valence-electron chi connectivity index (χ4n) is 1.51. The average Bonchev–Trinajstić information content (AvgIpc) is 1.81. The normalized spacial score (nSPS) is 42.5. The third-order valence-electron chi connectivity index (χ3n) is 2.86. The van der Waals surface area contributed by atoms with Gasteiger partial charge in [0, 0.05) is 4.75 Å². The van der Waals surface area contributed by atoms with E-state index in [9.17, 15) is 0 Å². The lowest BCUT2D eigenvalue weighted by Gasteiger charge is -2.38. The van der Waals surface area contributed by atoms with Crippen LogP contribution in [0.15, 0.2) is 12.2 Å². The summed E-state index contributed by atoms with van der Waals surface area (Å²) in [6.45, 7) is 9.06. The Morgan fingerprint density at radius 2 is 1.82 bits per heavy atom. The molecule has 2 atom stereocenters. The largest absolute Gasteiger partial charge is 0.169 e. The number of allylic oxidation sites excluding steroid dienone is 1. The molecule has 0 aromatic carbocycles. The molecule has 0 spiro atoms. The molecule has 1 aliphatic carbocycles. The lowest BCUT2D eigenvalue weighted by atomic mass is 9.71. The van der Waals surface area contributed by atoms with Crippen molar-refractivity contribution in [3.63, 3.8) is 0 Å². The molecule has 0 amide bonds. The number of thiol groups is 1. The van der Waals surface area contributed by atoms with E-state index in [0.29, 0.717) is 5.41 Å². The third-order valence-corrected chi connectivity index (χ3v) is 3.19. The Balaban J connectivity index is 2.84. The maximum Gasteiger partial charge on any atom is 0.0283 e. The van der Waals surface area contributed by atoms with Gasteiger partial charge in [0.05, 0.1) is 0 Å². The van der Waals surface area contributed by atoms with Gasteiger partial charge in [0.15, 0.2) is 0 Å². The fraction of sp³-hybridized carbons (Fsp3) is 0.800. The van der Waals surface area contributed by atoms with E-state index < -0.39 is 0 Å². The predicted molar refractivity (Wildman–Crippen MR) is 54.1 cm³/mol. The Morgan fingerprint density at radius 3 is 2.18 bits per heavy atom. The van der Waals surface area contributed by atoms with Crippen molar-refractivity contribution in [2.24, 2.45) is 11.3 Å². The second kappa shape index (κ2) is 2.55. The van der Waals surface area contributed by atoms with Gasteiger partial charge in [-0.15, -0.1) is 0 Å². The SMILES string of the molecule is CC1CC(C)(S)C=CC1(C)C. The molecular formula is C10H18S. The fourth-order valence-corrected chi connectivity index (χ4v) is 1.86. The Kier molecular flexibility index (Phi) is 2.13. The zero-order chi connectivity index (χ0) is 8.70. The monoisotopic (exact) mass is 170 g/mol. The van der Waals surface area contributed by atoms with Crippen molar-refractivity contribution in [3.8, 4) is 0 Å². The van der Waals surface area contributed by atoms with E-state index in [0.717, 1.165) is 5.92 Å². The molecule has 2 unspecified atom stereocenters. The highest BCUT2D eigenvalue weighted by Gasteiger charge is 2.33. The van der Waals surface area contributed by atoms with Gasteiger partial charge in [0.1, 0.15) is 0 Å². The van der Waals surface area contributed by atoms with Crippen LogP contribution in [0.25, 0.3) is 0 Å². The first-order valence-corrected chi connectivity index (χ1v) is 4.71. The zero-order valence-corrected chi connectivity index (χ0v) is 8.78. The highest BCUT2D eigenvalue weighted by atomic mass is 32.1. The molecular weight excluding hydrogens is 152 g/mol. The van der Waals surface area contributed by atoms with E-state index in [-0.39, 0.29) is 4.75 Å². The molecule has 11 heavy (non-hydrogen) atoms. The van der Waals surface area contributed by atoms with Crippen molar-refractivity contribution in [2.45, 2.75) is 38.9 Å². The summed E-state index contributed by atoms with van der Waals surface area (Å²) in [7, 11) is 0. The van der Waals surface area contributed by atoms with Crippen molar-refractivity contribution in [1.29, 1.82) is 0 Å². The summed E-state index contributed by atoms with van der Waals surface area (Å²) in [5, 5.41) is 0. The second-order valence-electron chi connectivity index (χ2n) is 4.62. The Labute approximate surface area is 75.5 Å². The van der Waals surface area contributed by atoms with Crippen LogP contribution in [0.5, 0.6) is 0 Å². The quantitative estimate of drug-likeness (QED) is 0.418. The summed E-state index contributed by atoms with van der Waals surface area (Å²) in [4.78, 5) is 0. The van der Waals surface area contributed by atoms with Crippen LogP contribution >= 0.6 is 12.6 Å². The van der Waals surface area contributed by atoms with Crippen LogP contribution in [0.1, 0.15) is 34.1 Å². The first-order chi connectivity index (χ1) is 4.83. The van der Waals surface area contributed by atoms with Crippen molar-refractivity contribution < 1.29 is 0 Å². The zero-order valence-electron chi connectivity index (χ0n) is 7.89. The first kappa shape index (κ1) is 9.18. The highest BCUT2D eigenvalue weighted by Crippen LogP contribution is 2.41. The third kappa shape index (κ3) is 2.02. The van der Waals surface area contributed by atoms with Gasteiger partial charge in [-0.3, -0.25) is 0 Å². The molecule has 0 saturated carbocycles. The molecule has 1 heteroatoms. The van der Waals surface area contributed by atoms with Gasteiger partial charge in [-0.1, -0.05) is 32.9 Å². The van der Waals surface area contributed by atoms with Crippen molar-refractivity contribution in [1.82, 2.24) is 0 Å². The minimum Gasteiger partial charge on any atom is -0.169 e. The topological polar surface area (TPSA) is 0 Å². The number of hydrogen-bond donors (Lipinski definition) is 1. The molecule has 0 aromatic rings. The Hall–Kier alpha value is 0.0900. The molecule has 0 aliphatic heterocycles. The summed E-state index contributed by atoms with van der Waals surface area (Å²) in [6.07, 6.45) is 5.71. The minimum absolute atomic E-state index is 0.120. The predicted octanol–water partition coefficient (Wildman–Crippen LogP) is 3.30. The van der Waals surface area contributed by atoms with Crippen molar-refractivity contribution in [3.05, 3.63) is 12.2 Å². The summed E-state index contributed by atoms with van der Waals surface area (Å²) in [5.74, 6) is 0.731. The molecule has 0 fully saturated rings. The summed E-state index contributed by atoms with van der Waals surface area (Å²) < 4.78 is 0.120. The molecule has 0 saturated heterocycles. The summed E-state index contributed by atoms with van der Waals surface area (Å²) in [6, 6.07) is 0. The van der Waals surface area contributed by atoms with Gasteiger partial charge >= 0.3 is 0 Å². The lowest BCUT2D eigenvalue weighted by molar-refractivity contribution is 0.260. The molecule has 1 rings (SSSR count). The van der Waals surface area contributed by atoms with Crippen LogP contribution in [-0.2, 0) is 0 Å². The van der Waals surface area contributed by atoms with Gasteiger partial charge < -0.3 is 0 Å². The minimum atomic E-state index is 0.120. The molecule has 0 radical (unpaired) electrons. The van der Waals surface area contributed by atoms with Crippen LogP contribution < -0.4 is 0 Å². The van der Waals surface area contributed by atoms with E-state index >= 15 is 0 Å². The molecule has 64 valence electrons. The maximum atomic E-state index is 4.57. The van der Waals surface area contributed by atoms with Gasteiger partial charge in [-0.2, -0.15) is 12.6 Å². The first-order valence-electron chi connectivity index (χ1n) is 4.26. The van der Waals surface area contributed by atoms with E-state index in [1.807, 2.05) is 0 Å². The number of rotatable bonds is 0. The van der Waals surface area contributed by atoms with Gasteiger partial charge in [0.2, 0.25) is 0 Å². The highest BCUT2D eigenvalue weighted by molar-refractivity contribution is 7.82. The Bertz CT molecular complexity index is 177. The van der Waals surface area contributed by atoms with E-state index in [1.165, 1.54) is 6.42 Å². The van der Waals surface area contributed by atoms with E-state index in [2.05, 4.69) is 52.5 Å². The van der Waals surface area contributed by atoms with Crippen LogP contribution in [0, 0.1) is 11.3 Å². The van der Waals surface area contributed by atoms with Crippen LogP contribution in [-0.4, -0.2) is 4.75 Å². The lowest BCUT2D eigenvalue weighted by Crippen LogP contribution is -2.31. The Morgan fingerprint density at radius 1 is 1.27 bits per heavy atom. The molecule has 0 nitrogen and oxygen atoms in total. The van der Waals surface area contributed by atoms with Crippen LogP contribution in [0.2, 0.25) is 0 Å². The molecule has 0 heterocycles. The molecule has 0 N–H and O–H groups in total.